The van der Waals surface area contributed by atoms with Crippen LogP contribution in [0.4, 0.5) is 0 Å². The highest BCUT2D eigenvalue weighted by atomic mass is 16.5. The second-order valence-corrected chi connectivity index (χ2v) is 8.94. The van der Waals surface area contributed by atoms with Gasteiger partial charge < -0.3 is 15.2 Å². The molecule has 5 heteroatoms. The Morgan fingerprint density at radius 1 is 1.32 bits per heavy atom. The van der Waals surface area contributed by atoms with E-state index >= 15 is 0 Å². The first-order chi connectivity index (χ1) is 11.9. The van der Waals surface area contributed by atoms with Gasteiger partial charge in [-0.25, -0.2) is 4.52 Å². The van der Waals surface area contributed by atoms with Crippen molar-refractivity contribution in [1.82, 2.24) is 14.9 Å². The molecule has 1 saturated carbocycles. The molecular weight excluding hydrogens is 314 g/mol. The molecule has 3 heterocycles. The summed E-state index contributed by atoms with van der Waals surface area (Å²) >= 11 is 0. The van der Waals surface area contributed by atoms with Crippen molar-refractivity contribution < 1.29 is 9.84 Å². The van der Waals surface area contributed by atoms with E-state index in [1.54, 1.807) is 19.4 Å². The molecule has 0 aromatic carbocycles. The maximum Gasteiger partial charge on any atom is 0.186 e. The lowest BCUT2D eigenvalue weighted by molar-refractivity contribution is -0.0273. The molecule has 1 saturated heterocycles. The number of nitrogens with one attached hydrogen (secondary N) is 1. The minimum absolute atomic E-state index is 0.181. The molecule has 0 bridgehead atoms. The molecule has 25 heavy (non-hydrogen) atoms. The molecule has 5 nitrogen and oxygen atoms in total. The van der Waals surface area contributed by atoms with Crippen molar-refractivity contribution in [2.45, 2.75) is 58.4 Å². The summed E-state index contributed by atoms with van der Waals surface area (Å²) in [6.45, 7) is 8.18. The van der Waals surface area contributed by atoms with Crippen LogP contribution in [0.15, 0.2) is 18.5 Å². The Hall–Kier alpha value is -1.75. The third-order valence-corrected chi connectivity index (χ3v) is 6.41. The Morgan fingerprint density at radius 2 is 2.04 bits per heavy atom. The molecule has 4 rings (SSSR count). The molecule has 2 aliphatic rings. The molecule has 1 atom stereocenters. The second kappa shape index (κ2) is 5.63. The fourth-order valence-corrected chi connectivity index (χ4v) is 5.25. The van der Waals surface area contributed by atoms with Crippen molar-refractivity contribution in [2.75, 3.05) is 13.7 Å². The minimum Gasteiger partial charge on any atom is -0.504 e. The topological polar surface area (TPSA) is 58.8 Å². The van der Waals surface area contributed by atoms with Gasteiger partial charge in [-0.3, -0.25) is 0 Å². The highest BCUT2D eigenvalue weighted by Crippen LogP contribution is 2.53. The SMILES string of the molecule is COc1c(O)ccn2ncc(C3CCC4(CC3)CNC4C(C)(C)C)c12. The molecule has 0 amide bonds. The summed E-state index contributed by atoms with van der Waals surface area (Å²) in [4.78, 5) is 0. The smallest absolute Gasteiger partial charge is 0.186 e. The van der Waals surface area contributed by atoms with Crippen LogP contribution < -0.4 is 10.1 Å². The van der Waals surface area contributed by atoms with Crippen LogP contribution in [0, 0.1) is 10.8 Å². The van der Waals surface area contributed by atoms with Crippen molar-refractivity contribution in [3.05, 3.63) is 24.0 Å². The monoisotopic (exact) mass is 343 g/mol. The first kappa shape index (κ1) is 16.7. The summed E-state index contributed by atoms with van der Waals surface area (Å²) in [5.41, 5.74) is 2.90. The lowest BCUT2D eigenvalue weighted by Crippen LogP contribution is -2.68. The summed E-state index contributed by atoms with van der Waals surface area (Å²) < 4.78 is 7.28. The van der Waals surface area contributed by atoms with Crippen LogP contribution in [0.5, 0.6) is 11.5 Å². The van der Waals surface area contributed by atoms with Crippen molar-refractivity contribution in [2.24, 2.45) is 10.8 Å². The Bertz CT molecular complexity index is 782. The summed E-state index contributed by atoms with van der Waals surface area (Å²) in [7, 11) is 1.61. The Balaban J connectivity index is 1.60. The number of aromatic hydroxyl groups is 1. The molecule has 2 fully saturated rings. The second-order valence-electron chi connectivity index (χ2n) is 8.94. The summed E-state index contributed by atoms with van der Waals surface area (Å²) in [5.74, 6) is 1.20. The van der Waals surface area contributed by atoms with E-state index in [9.17, 15) is 5.11 Å². The van der Waals surface area contributed by atoms with E-state index in [0.717, 1.165) is 12.1 Å². The fourth-order valence-electron chi connectivity index (χ4n) is 5.25. The lowest BCUT2D eigenvalue weighted by Gasteiger charge is -2.59. The normalized spacial score (nSPS) is 29.8. The van der Waals surface area contributed by atoms with E-state index in [4.69, 9.17) is 4.74 Å². The van der Waals surface area contributed by atoms with Crippen molar-refractivity contribution >= 4 is 5.52 Å². The number of methoxy groups -OCH3 is 1. The first-order valence-electron chi connectivity index (χ1n) is 9.32. The van der Waals surface area contributed by atoms with Crippen molar-refractivity contribution in [3.8, 4) is 11.5 Å². The van der Waals surface area contributed by atoms with Crippen LogP contribution in [-0.2, 0) is 0 Å². The van der Waals surface area contributed by atoms with Crippen LogP contribution in [0.2, 0.25) is 0 Å². The number of pyridine rings is 1. The van der Waals surface area contributed by atoms with Gasteiger partial charge in [0.25, 0.3) is 0 Å². The number of nitrogens with zero attached hydrogens (tertiary/aromatic N) is 2. The molecular formula is C20H29N3O2. The predicted molar refractivity (Wildman–Crippen MR) is 98.3 cm³/mol. The van der Waals surface area contributed by atoms with E-state index in [1.807, 2.05) is 10.7 Å². The van der Waals surface area contributed by atoms with Gasteiger partial charge in [0.15, 0.2) is 11.5 Å². The van der Waals surface area contributed by atoms with Crippen LogP contribution >= 0.6 is 0 Å². The van der Waals surface area contributed by atoms with Crippen LogP contribution in [0.25, 0.3) is 5.52 Å². The van der Waals surface area contributed by atoms with E-state index in [2.05, 4.69) is 31.2 Å². The Morgan fingerprint density at radius 3 is 2.60 bits per heavy atom. The molecule has 1 spiro atoms. The molecule has 1 aliphatic heterocycles. The zero-order chi connectivity index (χ0) is 17.8. The summed E-state index contributed by atoms with van der Waals surface area (Å²) in [6.07, 6.45) is 8.62. The van der Waals surface area contributed by atoms with E-state index < -0.39 is 0 Å². The van der Waals surface area contributed by atoms with Gasteiger partial charge in [-0.2, -0.15) is 5.10 Å². The molecule has 0 radical (unpaired) electrons. The average Bonchev–Trinajstić information content (AvgIpc) is 2.96. The van der Waals surface area contributed by atoms with Gasteiger partial charge in [0.1, 0.15) is 5.52 Å². The van der Waals surface area contributed by atoms with Gasteiger partial charge in [0, 0.05) is 30.4 Å². The maximum atomic E-state index is 10.1. The summed E-state index contributed by atoms with van der Waals surface area (Å²) in [6, 6.07) is 2.25. The molecule has 136 valence electrons. The van der Waals surface area contributed by atoms with Gasteiger partial charge in [-0.1, -0.05) is 20.8 Å². The molecule has 1 aliphatic carbocycles. The van der Waals surface area contributed by atoms with Gasteiger partial charge in [0.05, 0.1) is 13.3 Å². The van der Waals surface area contributed by atoms with Crippen LogP contribution in [0.1, 0.15) is 57.9 Å². The zero-order valence-electron chi connectivity index (χ0n) is 15.7. The third-order valence-electron chi connectivity index (χ3n) is 6.41. The number of rotatable bonds is 2. The van der Waals surface area contributed by atoms with Gasteiger partial charge >= 0.3 is 0 Å². The van der Waals surface area contributed by atoms with Gasteiger partial charge in [-0.05, 0) is 42.4 Å². The van der Waals surface area contributed by atoms with E-state index in [1.165, 1.54) is 31.2 Å². The first-order valence-corrected chi connectivity index (χ1v) is 9.32. The highest BCUT2D eigenvalue weighted by molar-refractivity contribution is 5.70. The third kappa shape index (κ3) is 2.51. The number of fused-ring (bicyclic) bond motifs is 1. The lowest BCUT2D eigenvalue weighted by atomic mass is 9.56. The van der Waals surface area contributed by atoms with Gasteiger partial charge in [0.2, 0.25) is 0 Å². The number of ether oxygens (including phenoxy) is 1. The Labute approximate surface area is 149 Å². The van der Waals surface area contributed by atoms with Gasteiger partial charge in [-0.15, -0.1) is 0 Å². The molecule has 2 N–H and O–H groups in total. The van der Waals surface area contributed by atoms with E-state index in [0.29, 0.717) is 28.5 Å². The van der Waals surface area contributed by atoms with Crippen molar-refractivity contribution in [1.29, 1.82) is 0 Å². The number of hydrogen-bond donors (Lipinski definition) is 2. The fraction of sp³-hybridized carbons (Fsp3) is 0.650. The standard InChI is InChI=1S/C20H29N3O2/c1-19(2,3)18-20(12-21-18)8-5-13(6-9-20)14-11-22-23-10-7-15(24)17(25-4)16(14)23/h7,10-11,13,18,21,24H,5-6,8-9,12H2,1-4H3. The van der Waals surface area contributed by atoms with Crippen LogP contribution in [0.3, 0.4) is 0 Å². The predicted octanol–water partition coefficient (Wildman–Crippen LogP) is 3.71. The summed E-state index contributed by atoms with van der Waals surface area (Å²) in [5, 5.41) is 18.3. The average molecular weight is 343 g/mol. The maximum absolute atomic E-state index is 10.1. The van der Waals surface area contributed by atoms with E-state index in [-0.39, 0.29) is 5.75 Å². The largest absolute Gasteiger partial charge is 0.504 e. The molecule has 2 aromatic heterocycles. The zero-order valence-corrected chi connectivity index (χ0v) is 15.7. The minimum atomic E-state index is 0.181. The Kier molecular flexibility index (Phi) is 3.76. The highest BCUT2D eigenvalue weighted by Gasteiger charge is 2.52. The number of aromatic nitrogens is 2. The van der Waals surface area contributed by atoms with Crippen LogP contribution in [-0.4, -0.2) is 34.4 Å². The quantitative estimate of drug-likeness (QED) is 0.873. The van der Waals surface area contributed by atoms with Crippen molar-refractivity contribution in [3.63, 3.8) is 0 Å². The molecule has 2 aromatic rings. The molecule has 1 unspecified atom stereocenters. The number of hydrogen-bond acceptors (Lipinski definition) is 4.